The minimum atomic E-state index is -0.424. The van der Waals surface area contributed by atoms with Crippen molar-refractivity contribution in [1.82, 2.24) is 28.9 Å². The molecule has 0 saturated carbocycles. The van der Waals surface area contributed by atoms with Crippen LogP contribution in [0.1, 0.15) is 13.8 Å². The number of fused-ring (bicyclic) bond motifs is 1. The van der Waals surface area contributed by atoms with Crippen LogP contribution in [0.4, 0.5) is 5.82 Å². The number of rotatable bonds is 8. The predicted molar refractivity (Wildman–Crippen MR) is 167 cm³/mol. The number of hydrogen-bond donors (Lipinski definition) is 1. The number of anilines is 1. The highest BCUT2D eigenvalue weighted by Gasteiger charge is 2.52. The zero-order chi connectivity index (χ0) is 31.3. The second-order valence-electron chi connectivity index (χ2n) is 12.8. The highest BCUT2D eigenvalue weighted by atomic mass is 16.5. The summed E-state index contributed by atoms with van der Waals surface area (Å²) in [6.07, 6.45) is 3.12. The van der Waals surface area contributed by atoms with Crippen LogP contribution in [0.25, 0.3) is 16.9 Å². The smallest absolute Gasteiger partial charge is 0.335 e. The number of likely N-dealkylation sites (tertiary alicyclic amines) is 2. The molecule has 0 atom stereocenters. The number of imidazole rings is 1. The molecule has 3 aliphatic heterocycles. The summed E-state index contributed by atoms with van der Waals surface area (Å²) in [7, 11) is 0. The van der Waals surface area contributed by atoms with Gasteiger partial charge in [-0.05, 0) is 56.3 Å². The molecule has 3 saturated heterocycles. The Morgan fingerprint density at radius 1 is 1.11 bits per heavy atom. The van der Waals surface area contributed by atoms with Crippen LogP contribution in [0, 0.1) is 22.7 Å². The summed E-state index contributed by atoms with van der Waals surface area (Å²) in [5.74, 6) is 1.24. The van der Waals surface area contributed by atoms with Crippen molar-refractivity contribution in [2.75, 3.05) is 45.1 Å². The van der Waals surface area contributed by atoms with Crippen LogP contribution in [0.5, 0.6) is 11.5 Å². The fraction of sp³-hybridized carbons (Fsp3) is 0.364. The third kappa shape index (κ3) is 5.13. The van der Waals surface area contributed by atoms with Gasteiger partial charge in [-0.3, -0.25) is 18.8 Å². The van der Waals surface area contributed by atoms with Crippen LogP contribution < -0.4 is 16.2 Å². The third-order valence-electron chi connectivity index (χ3n) is 9.02. The quantitative estimate of drug-likeness (QED) is 0.236. The maximum atomic E-state index is 13.8. The van der Waals surface area contributed by atoms with Crippen LogP contribution in [-0.4, -0.2) is 79.7 Å². The maximum absolute atomic E-state index is 13.8. The van der Waals surface area contributed by atoms with Crippen LogP contribution in [-0.2, 0) is 16.1 Å². The summed E-state index contributed by atoms with van der Waals surface area (Å²) in [5.41, 5.74) is 7.35. The van der Waals surface area contributed by atoms with Crippen molar-refractivity contribution in [3.8, 4) is 23.3 Å². The molecule has 3 aliphatic rings. The first-order valence-electron chi connectivity index (χ1n) is 15.0. The molecule has 7 rings (SSSR count). The van der Waals surface area contributed by atoms with Crippen molar-refractivity contribution in [2.45, 2.75) is 25.9 Å². The Hall–Kier alpha value is -4.99. The second kappa shape index (κ2) is 10.9. The number of nitrogen functional groups attached to an aromatic ring is 1. The van der Waals surface area contributed by atoms with E-state index in [1.165, 1.54) is 10.9 Å². The Morgan fingerprint density at radius 2 is 1.80 bits per heavy atom. The lowest BCUT2D eigenvalue weighted by Crippen LogP contribution is -2.70. The van der Waals surface area contributed by atoms with E-state index in [4.69, 9.17) is 15.2 Å². The van der Waals surface area contributed by atoms with E-state index in [-0.39, 0.29) is 34.3 Å². The molecule has 1 spiro atoms. The van der Waals surface area contributed by atoms with Crippen molar-refractivity contribution in [3.05, 3.63) is 83.1 Å². The third-order valence-corrected chi connectivity index (χ3v) is 9.02. The lowest BCUT2D eigenvalue weighted by atomic mass is 9.75. The summed E-state index contributed by atoms with van der Waals surface area (Å²) in [4.78, 5) is 39.6. The average molecular weight is 607 g/mol. The Balaban J connectivity index is 1.06. The minimum Gasteiger partial charge on any atom is -0.457 e. The van der Waals surface area contributed by atoms with Gasteiger partial charge in [0, 0.05) is 49.6 Å². The van der Waals surface area contributed by atoms with E-state index in [1.807, 2.05) is 44.2 Å². The van der Waals surface area contributed by atoms with Gasteiger partial charge in [0.25, 0.3) is 5.91 Å². The Bertz CT molecular complexity index is 1890. The van der Waals surface area contributed by atoms with Gasteiger partial charge in [-0.25, -0.2) is 14.8 Å². The number of carbonyl (C=O) groups excluding carboxylic acids is 1. The molecule has 2 aromatic heterocycles. The van der Waals surface area contributed by atoms with Gasteiger partial charge < -0.3 is 20.1 Å². The zero-order valence-electron chi connectivity index (χ0n) is 25.2. The zero-order valence-corrected chi connectivity index (χ0v) is 25.2. The summed E-state index contributed by atoms with van der Waals surface area (Å²) in [6.45, 7) is 8.60. The lowest BCUT2D eigenvalue weighted by Gasteiger charge is -2.59. The second-order valence-corrected chi connectivity index (χ2v) is 12.8. The molecule has 3 fully saturated rings. The molecular weight excluding hydrogens is 572 g/mol. The van der Waals surface area contributed by atoms with Crippen molar-refractivity contribution >= 4 is 22.9 Å². The Morgan fingerprint density at radius 3 is 2.44 bits per heavy atom. The molecule has 230 valence electrons. The number of nitrogens with two attached hydrogens (primary N) is 1. The van der Waals surface area contributed by atoms with Crippen LogP contribution >= 0.6 is 0 Å². The molecule has 1 amide bonds. The van der Waals surface area contributed by atoms with Gasteiger partial charge >= 0.3 is 5.69 Å². The van der Waals surface area contributed by atoms with Crippen molar-refractivity contribution in [1.29, 1.82) is 5.26 Å². The van der Waals surface area contributed by atoms with Gasteiger partial charge in [-0.1, -0.05) is 18.2 Å². The first kappa shape index (κ1) is 28.8. The fourth-order valence-electron chi connectivity index (χ4n) is 6.40. The highest BCUT2D eigenvalue weighted by Crippen LogP contribution is 2.42. The van der Waals surface area contributed by atoms with E-state index < -0.39 is 5.54 Å². The van der Waals surface area contributed by atoms with Gasteiger partial charge in [0.05, 0.1) is 18.9 Å². The highest BCUT2D eigenvalue weighted by molar-refractivity contribution is 5.98. The molecule has 0 unspecified atom stereocenters. The summed E-state index contributed by atoms with van der Waals surface area (Å²) >= 11 is 0. The normalized spacial score (nSPS) is 18.2. The van der Waals surface area contributed by atoms with Gasteiger partial charge in [0.15, 0.2) is 11.5 Å². The number of carbonyl (C=O) groups is 1. The van der Waals surface area contributed by atoms with Crippen LogP contribution in [0.15, 0.2) is 77.4 Å². The van der Waals surface area contributed by atoms with Gasteiger partial charge in [0.1, 0.15) is 35.0 Å². The van der Waals surface area contributed by atoms with E-state index in [2.05, 4.69) is 20.9 Å². The molecule has 12 heteroatoms. The molecule has 2 aromatic carbocycles. The van der Waals surface area contributed by atoms with E-state index in [9.17, 15) is 14.9 Å². The van der Waals surface area contributed by atoms with Crippen molar-refractivity contribution < 1.29 is 14.3 Å². The van der Waals surface area contributed by atoms with Crippen LogP contribution in [0.3, 0.4) is 0 Å². The summed E-state index contributed by atoms with van der Waals surface area (Å²) in [5, 5.41) is 9.86. The number of aromatic nitrogens is 4. The van der Waals surface area contributed by atoms with Gasteiger partial charge in [-0.2, -0.15) is 5.26 Å². The lowest BCUT2D eigenvalue weighted by molar-refractivity contribution is -0.204. The maximum Gasteiger partial charge on any atom is 0.335 e. The molecule has 0 radical (unpaired) electrons. The molecule has 45 heavy (non-hydrogen) atoms. The van der Waals surface area contributed by atoms with Gasteiger partial charge in [0.2, 0.25) is 0 Å². The largest absolute Gasteiger partial charge is 0.457 e. The fourth-order valence-corrected chi connectivity index (χ4v) is 6.40. The predicted octanol–water partition coefficient (Wildman–Crippen LogP) is 2.98. The molecule has 0 aliphatic carbocycles. The first-order valence-corrected chi connectivity index (χ1v) is 15.0. The van der Waals surface area contributed by atoms with Gasteiger partial charge in [-0.15, -0.1) is 0 Å². The SMILES string of the molecule is CC(C)(/C=C(/C#N)C(=O)N1CC(Cn2c(=O)n(-c3ccc(Oc4ccccc4)cc3)c3c(N)ncnc32)C1)N1CC2(COC2)C1. The number of nitrogens with zero attached hydrogens (tertiary/aromatic N) is 7. The molecule has 12 nitrogen and oxygen atoms in total. The number of hydrogen-bond acceptors (Lipinski definition) is 9. The molecule has 0 bridgehead atoms. The van der Waals surface area contributed by atoms with E-state index in [1.54, 1.807) is 39.8 Å². The Labute approximate surface area is 259 Å². The average Bonchev–Trinajstić information content (AvgIpc) is 3.24. The number of ether oxygens (including phenoxy) is 2. The molecule has 4 aromatic rings. The molecule has 2 N–H and O–H groups in total. The van der Waals surface area contributed by atoms with Crippen LogP contribution in [0.2, 0.25) is 0 Å². The van der Waals surface area contributed by atoms with Crippen molar-refractivity contribution in [2.24, 2.45) is 11.3 Å². The van der Waals surface area contributed by atoms with Crippen molar-refractivity contribution in [3.63, 3.8) is 0 Å². The monoisotopic (exact) mass is 606 g/mol. The number of para-hydroxylation sites is 1. The van der Waals surface area contributed by atoms with E-state index >= 15 is 0 Å². The molecule has 5 heterocycles. The topological polar surface area (TPSA) is 145 Å². The minimum absolute atomic E-state index is 0.00495. The number of nitriles is 1. The number of amides is 1. The molecular formula is C33H34N8O4. The van der Waals surface area contributed by atoms with E-state index in [0.29, 0.717) is 48.0 Å². The number of benzene rings is 2. The Kier molecular flexibility index (Phi) is 6.95. The standard InChI is InChI=1S/C33H34N8O4/c1-32(2,39-17-33(18-39)19-44-20-33)12-23(13-34)30(42)38-14-22(15-38)16-40-29-27(28(35)36-21-37-29)41(31(40)43)24-8-10-26(11-9-24)45-25-6-4-3-5-7-25/h3-12,21-22H,14-20H2,1-2H3,(H2,35,36,37)/b23-12-. The van der Waals surface area contributed by atoms with E-state index in [0.717, 1.165) is 26.3 Å². The first-order chi connectivity index (χ1) is 21.7. The summed E-state index contributed by atoms with van der Waals surface area (Å²) < 4.78 is 14.4. The summed E-state index contributed by atoms with van der Waals surface area (Å²) in [6, 6.07) is 18.7.